The van der Waals surface area contributed by atoms with Crippen LogP contribution in [0, 0.1) is 0 Å². The second-order valence-electron chi connectivity index (χ2n) is 3.58. The largest absolute Gasteiger partial charge is 0.379 e. The van der Waals surface area contributed by atoms with Gasteiger partial charge in [0.05, 0.1) is 5.69 Å². The summed E-state index contributed by atoms with van der Waals surface area (Å²) in [5.41, 5.74) is 2.25. The van der Waals surface area contributed by atoms with Gasteiger partial charge in [-0.1, -0.05) is 29.8 Å². The predicted octanol–water partition coefficient (Wildman–Crippen LogP) is 5.48. The van der Waals surface area contributed by atoms with Crippen LogP contribution in [-0.4, -0.2) is 0 Å². The predicted molar refractivity (Wildman–Crippen MR) is 80.6 cm³/mol. The molecule has 0 saturated heterocycles. The molecule has 17 heavy (non-hydrogen) atoms. The molecule has 0 aliphatic heterocycles. The van der Waals surface area contributed by atoms with Crippen molar-refractivity contribution >= 4 is 49.1 Å². The summed E-state index contributed by atoms with van der Waals surface area (Å²) in [6.07, 6.45) is 0. The average Bonchev–Trinajstić information content (AvgIpc) is 2.31. The molecule has 0 fully saturated rings. The molecule has 2 aromatic rings. The Balaban J connectivity index is 2.10. The van der Waals surface area contributed by atoms with E-state index < -0.39 is 0 Å². The van der Waals surface area contributed by atoms with E-state index in [-0.39, 0.29) is 0 Å². The van der Waals surface area contributed by atoms with Crippen LogP contribution in [0.2, 0.25) is 5.02 Å². The van der Waals surface area contributed by atoms with Crippen LogP contribution in [0.1, 0.15) is 5.56 Å². The van der Waals surface area contributed by atoms with E-state index in [1.54, 1.807) is 0 Å². The zero-order valence-corrected chi connectivity index (χ0v) is 12.8. The summed E-state index contributed by atoms with van der Waals surface area (Å²) in [6.45, 7) is 0.762. The molecule has 0 radical (unpaired) electrons. The Bertz CT molecular complexity index is 491. The molecular weight excluding hydrogens is 365 g/mol. The number of halogens is 3. The smallest absolute Gasteiger partial charge is 0.0631 e. The second kappa shape index (κ2) is 5.89. The fraction of sp³-hybridized carbons (Fsp3) is 0.0769. The summed E-state index contributed by atoms with van der Waals surface area (Å²) < 4.78 is 2.08. The van der Waals surface area contributed by atoms with E-state index in [1.807, 2.05) is 42.5 Å². The third kappa shape index (κ3) is 3.47. The molecule has 0 amide bonds. The summed E-state index contributed by atoms with van der Waals surface area (Å²) in [6, 6.07) is 13.8. The minimum Gasteiger partial charge on any atom is -0.379 e. The van der Waals surface area contributed by atoms with Crippen LogP contribution in [0.5, 0.6) is 0 Å². The van der Waals surface area contributed by atoms with Gasteiger partial charge in [0.2, 0.25) is 0 Å². The van der Waals surface area contributed by atoms with Crippen molar-refractivity contribution < 1.29 is 0 Å². The number of hydrogen-bond acceptors (Lipinski definition) is 1. The number of para-hydroxylation sites is 1. The lowest BCUT2D eigenvalue weighted by atomic mass is 10.2. The van der Waals surface area contributed by atoms with Crippen molar-refractivity contribution in [2.24, 2.45) is 0 Å². The van der Waals surface area contributed by atoms with Crippen molar-refractivity contribution in [3.05, 3.63) is 62.0 Å². The van der Waals surface area contributed by atoms with Crippen molar-refractivity contribution in [2.75, 3.05) is 5.32 Å². The van der Waals surface area contributed by atoms with Gasteiger partial charge in [-0.3, -0.25) is 0 Å². The highest BCUT2D eigenvalue weighted by Gasteiger charge is 2.03. The third-order valence-corrected chi connectivity index (χ3v) is 3.92. The Labute approximate surface area is 122 Å². The number of hydrogen-bond donors (Lipinski definition) is 1. The number of benzene rings is 2. The van der Waals surface area contributed by atoms with Crippen LogP contribution in [0.25, 0.3) is 0 Å². The lowest BCUT2D eigenvalue weighted by molar-refractivity contribution is 1.14. The normalized spacial score (nSPS) is 10.3. The van der Waals surface area contributed by atoms with E-state index >= 15 is 0 Å². The van der Waals surface area contributed by atoms with Gasteiger partial charge in [0.1, 0.15) is 0 Å². The first-order chi connectivity index (χ1) is 8.16. The van der Waals surface area contributed by atoms with Gasteiger partial charge in [-0.05, 0) is 61.7 Å². The monoisotopic (exact) mass is 373 g/mol. The topological polar surface area (TPSA) is 12.0 Å². The molecule has 0 aliphatic rings. The van der Waals surface area contributed by atoms with Crippen molar-refractivity contribution in [3.8, 4) is 0 Å². The highest BCUT2D eigenvalue weighted by atomic mass is 79.9. The van der Waals surface area contributed by atoms with Gasteiger partial charge < -0.3 is 5.32 Å². The maximum atomic E-state index is 5.84. The third-order valence-electron chi connectivity index (χ3n) is 2.35. The highest BCUT2D eigenvalue weighted by Crippen LogP contribution is 2.30. The minimum absolute atomic E-state index is 0.760. The fourth-order valence-electron chi connectivity index (χ4n) is 1.46. The molecule has 1 nitrogen and oxygen atoms in total. The molecule has 2 aromatic carbocycles. The Morgan fingerprint density at radius 1 is 0.941 bits per heavy atom. The summed E-state index contributed by atoms with van der Waals surface area (Å²) in [5, 5.41) is 4.14. The van der Waals surface area contributed by atoms with Crippen LogP contribution < -0.4 is 5.32 Å². The van der Waals surface area contributed by atoms with Gasteiger partial charge in [-0.25, -0.2) is 0 Å². The van der Waals surface area contributed by atoms with Crippen LogP contribution in [-0.2, 0) is 6.54 Å². The van der Waals surface area contributed by atoms with Crippen LogP contribution in [0.15, 0.2) is 51.4 Å². The van der Waals surface area contributed by atoms with Crippen molar-refractivity contribution in [1.29, 1.82) is 0 Å². The van der Waals surface area contributed by atoms with E-state index in [0.717, 1.165) is 26.2 Å². The number of anilines is 1. The summed E-state index contributed by atoms with van der Waals surface area (Å²) in [5.74, 6) is 0. The van der Waals surface area contributed by atoms with Crippen LogP contribution in [0.4, 0.5) is 5.69 Å². The van der Waals surface area contributed by atoms with Crippen molar-refractivity contribution in [1.82, 2.24) is 0 Å². The molecule has 0 bridgehead atoms. The molecule has 0 aliphatic carbocycles. The second-order valence-corrected chi connectivity index (χ2v) is 5.72. The van der Waals surface area contributed by atoms with Gasteiger partial charge in [0.15, 0.2) is 0 Å². The highest BCUT2D eigenvalue weighted by molar-refractivity contribution is 9.11. The van der Waals surface area contributed by atoms with Gasteiger partial charge in [0, 0.05) is 20.5 Å². The lowest BCUT2D eigenvalue weighted by Gasteiger charge is -2.10. The maximum absolute atomic E-state index is 5.84. The van der Waals surface area contributed by atoms with Crippen LogP contribution in [0.3, 0.4) is 0 Å². The molecule has 2 rings (SSSR count). The minimum atomic E-state index is 0.760. The summed E-state index contributed by atoms with van der Waals surface area (Å²) in [7, 11) is 0. The van der Waals surface area contributed by atoms with Crippen molar-refractivity contribution in [2.45, 2.75) is 6.54 Å². The molecule has 0 heterocycles. The number of rotatable bonds is 3. The fourth-order valence-corrected chi connectivity index (χ4v) is 2.86. The Morgan fingerprint density at radius 3 is 2.12 bits per heavy atom. The molecule has 4 heteroatoms. The summed E-state index contributed by atoms with van der Waals surface area (Å²) in [4.78, 5) is 0. The molecule has 0 atom stereocenters. The molecule has 0 unspecified atom stereocenters. The van der Waals surface area contributed by atoms with Gasteiger partial charge in [-0.15, -0.1) is 0 Å². The Hall–Kier alpha value is -0.510. The van der Waals surface area contributed by atoms with Gasteiger partial charge in [0.25, 0.3) is 0 Å². The van der Waals surface area contributed by atoms with E-state index in [0.29, 0.717) is 0 Å². The van der Waals surface area contributed by atoms with Gasteiger partial charge in [-0.2, -0.15) is 0 Å². The Kier molecular flexibility index (Phi) is 4.48. The zero-order valence-electron chi connectivity index (χ0n) is 8.88. The van der Waals surface area contributed by atoms with Crippen LogP contribution >= 0.6 is 43.5 Å². The maximum Gasteiger partial charge on any atom is 0.0631 e. The van der Waals surface area contributed by atoms with E-state index in [9.17, 15) is 0 Å². The Morgan fingerprint density at radius 2 is 1.53 bits per heavy atom. The summed E-state index contributed by atoms with van der Waals surface area (Å²) >= 11 is 12.9. The quantitative estimate of drug-likeness (QED) is 0.749. The van der Waals surface area contributed by atoms with E-state index in [2.05, 4.69) is 37.2 Å². The SMILES string of the molecule is Clc1ccc(CNc2c(Br)cccc2Br)cc1. The average molecular weight is 375 g/mol. The van der Waals surface area contributed by atoms with Gasteiger partial charge >= 0.3 is 0 Å². The van der Waals surface area contributed by atoms with E-state index in [4.69, 9.17) is 11.6 Å². The zero-order chi connectivity index (χ0) is 12.3. The lowest BCUT2D eigenvalue weighted by Crippen LogP contribution is -2.00. The first kappa shape index (κ1) is 12.9. The standard InChI is InChI=1S/C13H10Br2ClN/c14-11-2-1-3-12(15)13(11)17-8-9-4-6-10(16)7-5-9/h1-7,17H,8H2. The molecule has 0 spiro atoms. The molecule has 0 aromatic heterocycles. The van der Waals surface area contributed by atoms with E-state index in [1.165, 1.54) is 5.56 Å². The molecule has 0 saturated carbocycles. The van der Waals surface area contributed by atoms with Crippen molar-refractivity contribution in [3.63, 3.8) is 0 Å². The molecular formula is C13H10Br2ClN. The first-order valence-electron chi connectivity index (χ1n) is 5.09. The molecule has 88 valence electrons. The molecule has 1 N–H and O–H groups in total. The number of nitrogens with one attached hydrogen (secondary N) is 1. The first-order valence-corrected chi connectivity index (χ1v) is 7.05.